The zero-order chi connectivity index (χ0) is 21.6. The summed E-state index contributed by atoms with van der Waals surface area (Å²) in [6, 6.07) is 22.2. The van der Waals surface area contributed by atoms with E-state index in [1.807, 2.05) is 48.5 Å². The summed E-state index contributed by atoms with van der Waals surface area (Å²) in [5, 5.41) is 20.4. The number of fused-ring (bicyclic) bond motifs is 8. The van der Waals surface area contributed by atoms with Gasteiger partial charge in [0.2, 0.25) is 0 Å². The van der Waals surface area contributed by atoms with Crippen LogP contribution in [0.1, 0.15) is 29.2 Å². The fourth-order valence-corrected chi connectivity index (χ4v) is 3.31. The summed E-state index contributed by atoms with van der Waals surface area (Å²) in [6.07, 6.45) is -1.78. The third-order valence-electron chi connectivity index (χ3n) is 5.09. The molecular formula is C25H24O6. The number of carbonyl (C=O) groups is 1. The summed E-state index contributed by atoms with van der Waals surface area (Å²) in [5.74, 6) is 1.24. The van der Waals surface area contributed by atoms with Crippen molar-refractivity contribution in [3.8, 4) is 17.2 Å². The minimum atomic E-state index is -1.21. The maximum atomic E-state index is 12.0. The van der Waals surface area contributed by atoms with Gasteiger partial charge in [0.1, 0.15) is 31.2 Å². The van der Waals surface area contributed by atoms with E-state index in [2.05, 4.69) is 0 Å². The molecule has 6 nitrogen and oxygen atoms in total. The van der Waals surface area contributed by atoms with Crippen molar-refractivity contribution in [3.63, 3.8) is 0 Å². The molecule has 2 aliphatic rings. The summed E-state index contributed by atoms with van der Waals surface area (Å²) in [6.45, 7) is 0.127. The molecule has 0 aliphatic carbocycles. The first-order valence-corrected chi connectivity index (χ1v) is 10.2. The molecule has 31 heavy (non-hydrogen) atoms. The molecule has 4 bridgehead atoms. The number of benzene rings is 3. The standard InChI is InChI=1S/C25H24O6/c26-21-16-30-24(27)13-7-17-6-12-22(29-15-18-4-2-1-3-5-18)23(14-17)31-20-10-8-19(9-11-20)25(21)28/h1-6,8-12,14,21,25-26,28H,7,13,15-16H2/t21-,25-/m1/s1. The molecular weight excluding hydrogens is 396 g/mol. The molecule has 3 aromatic carbocycles. The first-order chi connectivity index (χ1) is 15.1. The average molecular weight is 420 g/mol. The normalized spacial score (nSPS) is 19.0. The zero-order valence-corrected chi connectivity index (χ0v) is 16.9. The Kier molecular flexibility index (Phi) is 6.50. The van der Waals surface area contributed by atoms with Gasteiger partial charge in [-0.15, -0.1) is 0 Å². The predicted octanol–water partition coefficient (Wildman–Crippen LogP) is 3.94. The maximum Gasteiger partial charge on any atom is 0.306 e. The van der Waals surface area contributed by atoms with Crippen molar-refractivity contribution in [3.05, 3.63) is 89.5 Å². The van der Waals surface area contributed by atoms with E-state index < -0.39 is 18.2 Å². The van der Waals surface area contributed by atoms with Crippen molar-refractivity contribution in [2.75, 3.05) is 6.61 Å². The summed E-state index contributed by atoms with van der Waals surface area (Å²) >= 11 is 0. The summed E-state index contributed by atoms with van der Waals surface area (Å²) in [5.41, 5.74) is 2.43. The Morgan fingerprint density at radius 2 is 1.71 bits per heavy atom. The lowest BCUT2D eigenvalue weighted by atomic mass is 10.0. The monoisotopic (exact) mass is 420 g/mol. The van der Waals surface area contributed by atoms with E-state index in [4.69, 9.17) is 14.2 Å². The van der Waals surface area contributed by atoms with Gasteiger partial charge in [0, 0.05) is 6.42 Å². The Hall–Kier alpha value is -3.35. The lowest BCUT2D eigenvalue weighted by Gasteiger charge is -2.18. The van der Waals surface area contributed by atoms with Crippen LogP contribution >= 0.6 is 0 Å². The highest BCUT2D eigenvalue weighted by atomic mass is 16.5. The van der Waals surface area contributed by atoms with Crippen LogP contribution in [0.3, 0.4) is 0 Å². The van der Waals surface area contributed by atoms with Crippen LogP contribution in [0.4, 0.5) is 0 Å². The van der Waals surface area contributed by atoms with Gasteiger partial charge in [-0.1, -0.05) is 48.5 Å². The molecule has 0 saturated carbocycles. The first-order valence-electron chi connectivity index (χ1n) is 10.2. The van der Waals surface area contributed by atoms with E-state index in [1.165, 1.54) is 0 Å². The van der Waals surface area contributed by atoms with Gasteiger partial charge in [-0.25, -0.2) is 0 Å². The smallest absolute Gasteiger partial charge is 0.306 e. The van der Waals surface area contributed by atoms with Crippen LogP contribution in [0.2, 0.25) is 0 Å². The molecule has 0 spiro atoms. The number of ether oxygens (including phenoxy) is 3. The lowest BCUT2D eigenvalue weighted by Crippen LogP contribution is -2.25. The number of aliphatic hydroxyl groups excluding tert-OH is 2. The Bertz CT molecular complexity index is 1020. The molecule has 0 amide bonds. The Balaban J connectivity index is 1.62. The van der Waals surface area contributed by atoms with E-state index in [-0.39, 0.29) is 13.0 Å². The Labute approximate surface area is 180 Å². The van der Waals surface area contributed by atoms with Gasteiger partial charge in [-0.05, 0) is 47.4 Å². The first kappa shape index (κ1) is 20.9. The second-order valence-corrected chi connectivity index (χ2v) is 7.42. The van der Waals surface area contributed by atoms with Crippen LogP contribution in [-0.2, 0) is 22.6 Å². The molecule has 0 unspecified atom stereocenters. The molecule has 2 heterocycles. The number of esters is 1. The molecule has 0 aromatic heterocycles. The van der Waals surface area contributed by atoms with E-state index in [0.29, 0.717) is 35.8 Å². The van der Waals surface area contributed by atoms with Crippen molar-refractivity contribution < 1.29 is 29.2 Å². The second kappa shape index (κ2) is 9.64. The number of rotatable bonds is 3. The van der Waals surface area contributed by atoms with Crippen LogP contribution in [0.25, 0.3) is 0 Å². The fraction of sp³-hybridized carbons (Fsp3) is 0.240. The number of carbonyl (C=O) groups excluding carboxylic acids is 1. The number of hydrogen-bond donors (Lipinski definition) is 2. The highest BCUT2D eigenvalue weighted by Crippen LogP contribution is 2.34. The molecule has 160 valence electrons. The third-order valence-corrected chi connectivity index (χ3v) is 5.09. The predicted molar refractivity (Wildman–Crippen MR) is 114 cm³/mol. The van der Waals surface area contributed by atoms with Gasteiger partial charge in [-0.2, -0.15) is 0 Å². The number of hydrogen-bond acceptors (Lipinski definition) is 6. The molecule has 5 rings (SSSR count). The fourth-order valence-electron chi connectivity index (χ4n) is 3.31. The van der Waals surface area contributed by atoms with Crippen LogP contribution in [0.5, 0.6) is 17.2 Å². The van der Waals surface area contributed by atoms with Gasteiger partial charge in [0.25, 0.3) is 0 Å². The molecule has 2 atom stereocenters. The van der Waals surface area contributed by atoms with Crippen molar-refractivity contribution in [1.29, 1.82) is 0 Å². The van der Waals surface area contributed by atoms with Gasteiger partial charge in [0.05, 0.1) is 0 Å². The molecule has 0 fully saturated rings. The van der Waals surface area contributed by atoms with Crippen molar-refractivity contribution in [2.24, 2.45) is 0 Å². The zero-order valence-electron chi connectivity index (χ0n) is 16.9. The van der Waals surface area contributed by atoms with Crippen molar-refractivity contribution in [1.82, 2.24) is 0 Å². The Morgan fingerprint density at radius 3 is 2.48 bits per heavy atom. The van der Waals surface area contributed by atoms with Gasteiger partial charge in [-0.3, -0.25) is 4.79 Å². The van der Waals surface area contributed by atoms with E-state index in [0.717, 1.165) is 11.1 Å². The molecule has 3 aromatic rings. The molecule has 2 aliphatic heterocycles. The van der Waals surface area contributed by atoms with E-state index in [1.54, 1.807) is 24.3 Å². The largest absolute Gasteiger partial charge is 0.485 e. The topological polar surface area (TPSA) is 85.2 Å². The summed E-state index contributed by atoms with van der Waals surface area (Å²) < 4.78 is 17.2. The average Bonchev–Trinajstić information content (AvgIpc) is 2.81. The second-order valence-electron chi connectivity index (χ2n) is 7.42. The van der Waals surface area contributed by atoms with Gasteiger partial charge >= 0.3 is 5.97 Å². The molecule has 0 radical (unpaired) electrons. The molecule has 0 saturated heterocycles. The molecule has 2 N–H and O–H groups in total. The number of aryl methyl sites for hydroxylation is 1. The lowest BCUT2D eigenvalue weighted by molar-refractivity contribution is -0.149. The minimum absolute atomic E-state index is 0.149. The van der Waals surface area contributed by atoms with Crippen LogP contribution in [-0.4, -0.2) is 28.9 Å². The van der Waals surface area contributed by atoms with Crippen LogP contribution in [0, 0.1) is 0 Å². The van der Waals surface area contributed by atoms with Crippen LogP contribution < -0.4 is 9.47 Å². The Morgan fingerprint density at radius 1 is 0.935 bits per heavy atom. The van der Waals surface area contributed by atoms with Crippen molar-refractivity contribution >= 4 is 5.97 Å². The molecule has 6 heteroatoms. The minimum Gasteiger partial charge on any atom is -0.485 e. The third kappa shape index (κ3) is 5.42. The van der Waals surface area contributed by atoms with Crippen LogP contribution in [0.15, 0.2) is 72.8 Å². The maximum absolute atomic E-state index is 12.0. The van der Waals surface area contributed by atoms with Gasteiger partial charge < -0.3 is 24.4 Å². The van der Waals surface area contributed by atoms with Crippen molar-refractivity contribution in [2.45, 2.75) is 31.7 Å². The summed E-state index contributed by atoms with van der Waals surface area (Å²) in [7, 11) is 0. The highest BCUT2D eigenvalue weighted by molar-refractivity contribution is 5.69. The summed E-state index contributed by atoms with van der Waals surface area (Å²) in [4.78, 5) is 12.0. The highest BCUT2D eigenvalue weighted by Gasteiger charge is 2.21. The van der Waals surface area contributed by atoms with Gasteiger partial charge in [0.15, 0.2) is 11.5 Å². The number of aliphatic hydroxyl groups is 2. The quantitative estimate of drug-likeness (QED) is 0.625. The SMILES string of the molecule is O=C1CCc2ccc(OCc3ccccc3)c(c2)Oc2ccc(cc2)[C@@H](O)[C@H](O)CO1. The van der Waals surface area contributed by atoms with E-state index >= 15 is 0 Å². The van der Waals surface area contributed by atoms with E-state index in [9.17, 15) is 15.0 Å².